The van der Waals surface area contributed by atoms with E-state index in [0.717, 1.165) is 0 Å². The second-order valence-corrected chi connectivity index (χ2v) is 2.51. The Kier molecular flexibility index (Phi) is 1.37. The van der Waals surface area contributed by atoms with Crippen LogP contribution in [0.25, 0.3) is 5.52 Å². The van der Waals surface area contributed by atoms with E-state index in [4.69, 9.17) is 0 Å². The van der Waals surface area contributed by atoms with Crippen molar-refractivity contribution in [1.82, 2.24) is 4.40 Å². The summed E-state index contributed by atoms with van der Waals surface area (Å²) < 4.78 is 1.40. The molecule has 12 heavy (non-hydrogen) atoms. The second kappa shape index (κ2) is 2.37. The SMILES string of the molecule is O=c1ccc(O)c2ccccn12. The molecule has 0 amide bonds. The first-order valence-electron chi connectivity index (χ1n) is 3.58. The number of rotatable bonds is 0. The van der Waals surface area contributed by atoms with E-state index < -0.39 is 0 Å². The first-order valence-corrected chi connectivity index (χ1v) is 3.58. The first-order chi connectivity index (χ1) is 5.79. The van der Waals surface area contributed by atoms with Gasteiger partial charge in [-0.05, 0) is 18.2 Å². The van der Waals surface area contributed by atoms with Crippen molar-refractivity contribution in [2.45, 2.75) is 0 Å². The zero-order valence-corrected chi connectivity index (χ0v) is 6.27. The van der Waals surface area contributed by atoms with Gasteiger partial charge in [-0.15, -0.1) is 0 Å². The number of nitrogens with zero attached hydrogens (tertiary/aromatic N) is 1. The molecule has 0 saturated carbocycles. The fraction of sp³-hybridized carbons (Fsp3) is 0. The summed E-state index contributed by atoms with van der Waals surface area (Å²) in [5, 5.41) is 9.34. The molecule has 0 spiro atoms. The van der Waals surface area contributed by atoms with Crippen molar-refractivity contribution in [1.29, 1.82) is 0 Å². The summed E-state index contributed by atoms with van der Waals surface area (Å²) in [4.78, 5) is 11.2. The minimum Gasteiger partial charge on any atom is -0.506 e. The van der Waals surface area contributed by atoms with E-state index in [2.05, 4.69) is 0 Å². The predicted molar refractivity (Wildman–Crippen MR) is 45.3 cm³/mol. The standard InChI is InChI=1S/C9H7NO2/c11-8-4-5-9(12)10-6-2-1-3-7(8)10/h1-6,11H. The summed E-state index contributed by atoms with van der Waals surface area (Å²) in [6, 6.07) is 7.94. The Morgan fingerprint density at radius 1 is 1.17 bits per heavy atom. The average molecular weight is 161 g/mol. The summed E-state index contributed by atoms with van der Waals surface area (Å²) >= 11 is 0. The van der Waals surface area contributed by atoms with Crippen LogP contribution in [0.3, 0.4) is 0 Å². The fourth-order valence-electron chi connectivity index (χ4n) is 1.16. The van der Waals surface area contributed by atoms with Crippen molar-refractivity contribution in [3.63, 3.8) is 0 Å². The molecule has 2 aromatic heterocycles. The molecule has 0 unspecified atom stereocenters. The normalized spacial score (nSPS) is 10.3. The maximum Gasteiger partial charge on any atom is 0.255 e. The van der Waals surface area contributed by atoms with Gasteiger partial charge < -0.3 is 5.11 Å². The van der Waals surface area contributed by atoms with Gasteiger partial charge in [-0.3, -0.25) is 9.20 Å². The van der Waals surface area contributed by atoms with Gasteiger partial charge in [0.2, 0.25) is 0 Å². The third-order valence-electron chi connectivity index (χ3n) is 1.74. The van der Waals surface area contributed by atoms with Gasteiger partial charge in [0.15, 0.2) is 0 Å². The van der Waals surface area contributed by atoms with Crippen LogP contribution in [-0.2, 0) is 0 Å². The molecule has 0 aliphatic heterocycles. The largest absolute Gasteiger partial charge is 0.506 e. The maximum absolute atomic E-state index is 11.2. The number of hydrogen-bond donors (Lipinski definition) is 1. The van der Waals surface area contributed by atoms with Gasteiger partial charge in [-0.25, -0.2) is 0 Å². The van der Waals surface area contributed by atoms with Crippen LogP contribution in [0.5, 0.6) is 5.75 Å². The predicted octanol–water partition coefficient (Wildman–Crippen LogP) is 1.01. The molecule has 2 heterocycles. The van der Waals surface area contributed by atoms with E-state index >= 15 is 0 Å². The summed E-state index contributed by atoms with van der Waals surface area (Å²) in [5.41, 5.74) is 0.397. The lowest BCUT2D eigenvalue weighted by Gasteiger charge is -2.00. The minimum atomic E-state index is -0.136. The molecule has 60 valence electrons. The number of hydrogen-bond acceptors (Lipinski definition) is 2. The van der Waals surface area contributed by atoms with Gasteiger partial charge in [-0.2, -0.15) is 0 Å². The Morgan fingerprint density at radius 3 is 2.75 bits per heavy atom. The third kappa shape index (κ3) is 0.871. The molecule has 0 aliphatic rings. The fourth-order valence-corrected chi connectivity index (χ4v) is 1.16. The molecular formula is C9H7NO2. The van der Waals surface area contributed by atoms with Crippen LogP contribution < -0.4 is 5.56 Å². The Balaban J connectivity index is 3.05. The monoisotopic (exact) mass is 161 g/mol. The molecule has 3 heteroatoms. The zero-order chi connectivity index (χ0) is 8.55. The minimum absolute atomic E-state index is 0.121. The van der Waals surface area contributed by atoms with Crippen LogP contribution in [0.1, 0.15) is 0 Å². The molecule has 0 radical (unpaired) electrons. The van der Waals surface area contributed by atoms with E-state index in [1.165, 1.54) is 16.5 Å². The van der Waals surface area contributed by atoms with Crippen LogP contribution in [0.4, 0.5) is 0 Å². The van der Waals surface area contributed by atoms with E-state index in [-0.39, 0.29) is 11.3 Å². The molecule has 0 atom stereocenters. The van der Waals surface area contributed by atoms with Crippen LogP contribution in [0.15, 0.2) is 41.3 Å². The Hall–Kier alpha value is -1.77. The Labute approximate surface area is 68.5 Å². The van der Waals surface area contributed by atoms with E-state index in [0.29, 0.717) is 5.52 Å². The van der Waals surface area contributed by atoms with Crippen molar-refractivity contribution in [3.05, 3.63) is 46.9 Å². The van der Waals surface area contributed by atoms with Gasteiger partial charge in [0.05, 0.1) is 5.52 Å². The highest BCUT2D eigenvalue weighted by molar-refractivity contribution is 5.58. The molecular weight excluding hydrogens is 154 g/mol. The molecule has 0 fully saturated rings. The second-order valence-electron chi connectivity index (χ2n) is 2.51. The van der Waals surface area contributed by atoms with Crippen LogP contribution in [-0.4, -0.2) is 9.51 Å². The van der Waals surface area contributed by atoms with Gasteiger partial charge in [-0.1, -0.05) is 6.07 Å². The van der Waals surface area contributed by atoms with Gasteiger partial charge >= 0.3 is 0 Å². The molecule has 0 aromatic carbocycles. The molecule has 0 aliphatic carbocycles. The quantitative estimate of drug-likeness (QED) is 0.626. The van der Waals surface area contributed by atoms with Crippen molar-refractivity contribution < 1.29 is 5.11 Å². The number of pyridine rings is 2. The van der Waals surface area contributed by atoms with Crippen molar-refractivity contribution in [2.75, 3.05) is 0 Å². The Bertz CT molecular complexity index is 473. The summed E-state index contributed by atoms with van der Waals surface area (Å²) in [5.74, 6) is 0.121. The molecule has 1 N–H and O–H groups in total. The van der Waals surface area contributed by atoms with Crippen LogP contribution in [0, 0.1) is 0 Å². The summed E-state index contributed by atoms with van der Waals surface area (Å²) in [6.07, 6.45) is 1.62. The van der Waals surface area contributed by atoms with E-state index in [1.54, 1.807) is 24.4 Å². The van der Waals surface area contributed by atoms with Crippen molar-refractivity contribution in [3.8, 4) is 5.75 Å². The smallest absolute Gasteiger partial charge is 0.255 e. The van der Waals surface area contributed by atoms with Crippen LogP contribution >= 0.6 is 0 Å². The first kappa shape index (κ1) is 6.91. The van der Waals surface area contributed by atoms with E-state index in [1.807, 2.05) is 0 Å². The number of fused-ring (bicyclic) bond motifs is 1. The highest BCUT2D eigenvalue weighted by Gasteiger charge is 1.98. The summed E-state index contributed by atoms with van der Waals surface area (Å²) in [7, 11) is 0. The molecule has 0 bridgehead atoms. The highest BCUT2D eigenvalue weighted by atomic mass is 16.3. The van der Waals surface area contributed by atoms with Gasteiger partial charge in [0.1, 0.15) is 5.75 Å². The van der Waals surface area contributed by atoms with Crippen molar-refractivity contribution >= 4 is 5.52 Å². The van der Waals surface area contributed by atoms with Crippen molar-refractivity contribution in [2.24, 2.45) is 0 Å². The summed E-state index contributed by atoms with van der Waals surface area (Å²) in [6.45, 7) is 0. The number of aromatic hydroxyl groups is 1. The van der Waals surface area contributed by atoms with Crippen LogP contribution in [0.2, 0.25) is 0 Å². The van der Waals surface area contributed by atoms with Gasteiger partial charge in [0, 0.05) is 12.3 Å². The average Bonchev–Trinajstić information content (AvgIpc) is 2.12. The molecule has 3 nitrogen and oxygen atoms in total. The lowest BCUT2D eigenvalue weighted by molar-refractivity contribution is 0.478. The molecule has 0 saturated heterocycles. The lowest BCUT2D eigenvalue weighted by atomic mass is 10.3. The maximum atomic E-state index is 11.2. The van der Waals surface area contributed by atoms with E-state index in [9.17, 15) is 9.90 Å². The lowest BCUT2D eigenvalue weighted by Crippen LogP contribution is -2.10. The zero-order valence-electron chi connectivity index (χ0n) is 6.27. The van der Waals surface area contributed by atoms with Gasteiger partial charge in [0.25, 0.3) is 5.56 Å². The number of aromatic nitrogens is 1. The highest BCUT2D eigenvalue weighted by Crippen LogP contribution is 2.13. The Morgan fingerprint density at radius 2 is 2.00 bits per heavy atom. The topological polar surface area (TPSA) is 41.7 Å². The third-order valence-corrected chi connectivity index (χ3v) is 1.74. The molecule has 2 aromatic rings. The molecule has 2 rings (SSSR count).